The Morgan fingerprint density at radius 1 is 1.00 bits per heavy atom. The number of nitrogens with zero attached hydrogens (tertiary/aromatic N) is 2. The van der Waals surface area contributed by atoms with Gasteiger partial charge in [0.05, 0.1) is 11.1 Å². The maximum absolute atomic E-state index is 12.1. The van der Waals surface area contributed by atoms with Gasteiger partial charge < -0.3 is 4.90 Å². The first-order valence-corrected chi connectivity index (χ1v) is 7.41. The van der Waals surface area contributed by atoms with E-state index in [1.54, 1.807) is 24.3 Å². The summed E-state index contributed by atoms with van der Waals surface area (Å²) in [5, 5.41) is 0. The molecule has 0 N–H and O–H groups in total. The molecule has 1 aromatic rings. The van der Waals surface area contributed by atoms with Gasteiger partial charge in [0.1, 0.15) is 0 Å². The molecule has 0 spiro atoms. The molecule has 2 heterocycles. The predicted octanol–water partition coefficient (Wildman–Crippen LogP) is 1.69. The lowest BCUT2D eigenvalue weighted by Gasteiger charge is -2.17. The summed E-state index contributed by atoms with van der Waals surface area (Å²) in [6, 6.07) is 6.85. The molecular formula is C16H18N2O3. The maximum Gasteiger partial charge on any atom is 0.261 e. The Morgan fingerprint density at radius 2 is 1.57 bits per heavy atom. The van der Waals surface area contributed by atoms with Crippen LogP contribution in [0.1, 0.15) is 46.4 Å². The van der Waals surface area contributed by atoms with Crippen LogP contribution in [-0.4, -0.2) is 47.2 Å². The topological polar surface area (TPSA) is 57.7 Å². The smallest absolute Gasteiger partial charge is 0.261 e. The van der Waals surface area contributed by atoms with Crippen molar-refractivity contribution in [2.45, 2.75) is 25.7 Å². The number of hydrogen-bond acceptors (Lipinski definition) is 3. The van der Waals surface area contributed by atoms with E-state index in [9.17, 15) is 14.4 Å². The van der Waals surface area contributed by atoms with E-state index >= 15 is 0 Å². The van der Waals surface area contributed by atoms with Gasteiger partial charge in [-0.3, -0.25) is 19.3 Å². The molecule has 0 bridgehead atoms. The second-order valence-electron chi connectivity index (χ2n) is 5.50. The third-order valence-electron chi connectivity index (χ3n) is 4.11. The molecule has 0 radical (unpaired) electrons. The van der Waals surface area contributed by atoms with Gasteiger partial charge in [-0.2, -0.15) is 0 Å². The van der Waals surface area contributed by atoms with Gasteiger partial charge in [-0.15, -0.1) is 0 Å². The maximum atomic E-state index is 12.1. The van der Waals surface area contributed by atoms with Gasteiger partial charge in [0.15, 0.2) is 0 Å². The van der Waals surface area contributed by atoms with Crippen LogP contribution in [0.15, 0.2) is 24.3 Å². The van der Waals surface area contributed by atoms with Crippen molar-refractivity contribution in [3.63, 3.8) is 0 Å². The highest BCUT2D eigenvalue weighted by Gasteiger charge is 2.34. The van der Waals surface area contributed by atoms with Crippen LogP contribution < -0.4 is 0 Å². The van der Waals surface area contributed by atoms with E-state index in [1.807, 2.05) is 4.90 Å². The van der Waals surface area contributed by atoms with Crippen molar-refractivity contribution in [1.29, 1.82) is 0 Å². The van der Waals surface area contributed by atoms with Gasteiger partial charge in [-0.1, -0.05) is 12.1 Å². The fourth-order valence-electron chi connectivity index (χ4n) is 2.96. The van der Waals surface area contributed by atoms with Crippen molar-refractivity contribution in [3.05, 3.63) is 35.4 Å². The van der Waals surface area contributed by atoms with Crippen LogP contribution in [0.2, 0.25) is 0 Å². The summed E-state index contributed by atoms with van der Waals surface area (Å²) < 4.78 is 0. The van der Waals surface area contributed by atoms with Gasteiger partial charge in [0.2, 0.25) is 5.91 Å². The van der Waals surface area contributed by atoms with Gasteiger partial charge in [0, 0.05) is 26.1 Å². The van der Waals surface area contributed by atoms with E-state index in [1.165, 1.54) is 4.90 Å². The van der Waals surface area contributed by atoms with E-state index < -0.39 is 0 Å². The highest BCUT2D eigenvalue weighted by Crippen LogP contribution is 2.22. The van der Waals surface area contributed by atoms with Crippen LogP contribution >= 0.6 is 0 Å². The fraction of sp³-hybridized carbons (Fsp3) is 0.438. The molecule has 3 rings (SSSR count). The normalized spacial score (nSPS) is 17.5. The molecule has 0 atom stereocenters. The zero-order valence-corrected chi connectivity index (χ0v) is 11.9. The molecule has 1 aromatic carbocycles. The lowest BCUT2D eigenvalue weighted by molar-refractivity contribution is -0.130. The zero-order chi connectivity index (χ0) is 14.8. The number of rotatable bonds is 4. The number of carbonyl (C=O) groups is 3. The molecule has 2 aliphatic heterocycles. The van der Waals surface area contributed by atoms with E-state index in [0.29, 0.717) is 30.5 Å². The lowest BCUT2D eigenvalue weighted by atomic mass is 10.1. The molecule has 1 fully saturated rings. The molecule has 1 saturated heterocycles. The molecular weight excluding hydrogens is 268 g/mol. The molecule has 21 heavy (non-hydrogen) atoms. The monoisotopic (exact) mass is 286 g/mol. The Morgan fingerprint density at radius 3 is 2.14 bits per heavy atom. The van der Waals surface area contributed by atoms with Gasteiger partial charge in [-0.25, -0.2) is 0 Å². The quantitative estimate of drug-likeness (QED) is 0.791. The second kappa shape index (κ2) is 5.68. The molecule has 0 unspecified atom stereocenters. The average Bonchev–Trinajstić information content (AvgIpc) is 3.11. The highest BCUT2D eigenvalue weighted by molar-refractivity contribution is 6.21. The standard InChI is InChI=1S/C16H18N2O3/c19-14(17-9-3-4-10-17)8-5-11-18-15(20)12-6-1-2-7-13(12)16(18)21/h1-2,6-7H,3-5,8-11H2. The minimum atomic E-state index is -0.246. The Hall–Kier alpha value is -2.17. The summed E-state index contributed by atoms with van der Waals surface area (Å²) in [5.74, 6) is -0.363. The van der Waals surface area contributed by atoms with Crippen LogP contribution in [0.5, 0.6) is 0 Å². The Labute approximate surface area is 123 Å². The molecule has 2 aliphatic rings. The molecule has 0 saturated carbocycles. The van der Waals surface area contributed by atoms with Crippen molar-refractivity contribution in [2.75, 3.05) is 19.6 Å². The number of benzene rings is 1. The Balaban J connectivity index is 1.56. The predicted molar refractivity (Wildman–Crippen MR) is 76.9 cm³/mol. The number of carbonyl (C=O) groups excluding carboxylic acids is 3. The van der Waals surface area contributed by atoms with Gasteiger partial charge in [0.25, 0.3) is 11.8 Å². The van der Waals surface area contributed by atoms with E-state index in [2.05, 4.69) is 0 Å². The molecule has 0 aromatic heterocycles. The molecule has 5 heteroatoms. The van der Waals surface area contributed by atoms with Crippen LogP contribution in [-0.2, 0) is 4.79 Å². The largest absolute Gasteiger partial charge is 0.343 e. The molecule has 5 nitrogen and oxygen atoms in total. The number of amides is 3. The van der Waals surface area contributed by atoms with E-state index in [4.69, 9.17) is 0 Å². The van der Waals surface area contributed by atoms with Crippen LogP contribution in [0.4, 0.5) is 0 Å². The lowest BCUT2D eigenvalue weighted by Crippen LogP contribution is -2.32. The highest BCUT2D eigenvalue weighted by atomic mass is 16.2. The Bertz CT molecular complexity index is 556. The minimum Gasteiger partial charge on any atom is -0.343 e. The van der Waals surface area contributed by atoms with Crippen molar-refractivity contribution in [1.82, 2.24) is 9.80 Å². The van der Waals surface area contributed by atoms with Gasteiger partial charge in [-0.05, 0) is 31.4 Å². The van der Waals surface area contributed by atoms with Gasteiger partial charge >= 0.3 is 0 Å². The third kappa shape index (κ3) is 2.55. The molecule has 110 valence electrons. The SMILES string of the molecule is O=C(CCCN1C(=O)c2ccccc2C1=O)N1CCCC1. The summed E-state index contributed by atoms with van der Waals surface area (Å²) >= 11 is 0. The number of likely N-dealkylation sites (tertiary alicyclic amines) is 1. The summed E-state index contributed by atoms with van der Waals surface area (Å²) in [5.41, 5.74) is 0.932. The van der Waals surface area contributed by atoms with Crippen LogP contribution in [0.25, 0.3) is 0 Å². The van der Waals surface area contributed by atoms with Crippen molar-refractivity contribution in [3.8, 4) is 0 Å². The summed E-state index contributed by atoms with van der Waals surface area (Å²) in [4.78, 5) is 39.4. The fourth-order valence-corrected chi connectivity index (χ4v) is 2.96. The zero-order valence-electron chi connectivity index (χ0n) is 11.9. The molecule has 3 amide bonds. The second-order valence-corrected chi connectivity index (χ2v) is 5.50. The number of fused-ring (bicyclic) bond motifs is 1. The van der Waals surface area contributed by atoms with Crippen LogP contribution in [0.3, 0.4) is 0 Å². The average molecular weight is 286 g/mol. The first kappa shape index (κ1) is 13.8. The van der Waals surface area contributed by atoms with Crippen molar-refractivity contribution < 1.29 is 14.4 Å². The first-order valence-electron chi connectivity index (χ1n) is 7.41. The summed E-state index contributed by atoms with van der Waals surface area (Å²) in [6.45, 7) is 1.99. The van der Waals surface area contributed by atoms with Crippen LogP contribution in [0, 0.1) is 0 Å². The third-order valence-corrected chi connectivity index (χ3v) is 4.11. The Kier molecular flexibility index (Phi) is 3.73. The van der Waals surface area contributed by atoms with Crippen molar-refractivity contribution >= 4 is 17.7 Å². The number of imide groups is 1. The van der Waals surface area contributed by atoms with Crippen molar-refractivity contribution in [2.24, 2.45) is 0 Å². The first-order chi connectivity index (χ1) is 10.2. The molecule has 0 aliphatic carbocycles. The van der Waals surface area contributed by atoms with E-state index in [-0.39, 0.29) is 17.7 Å². The summed E-state index contributed by atoms with van der Waals surface area (Å²) in [6.07, 6.45) is 3.07. The number of hydrogen-bond donors (Lipinski definition) is 0. The summed E-state index contributed by atoms with van der Waals surface area (Å²) in [7, 11) is 0. The minimum absolute atomic E-state index is 0.129. The van der Waals surface area contributed by atoms with E-state index in [0.717, 1.165) is 25.9 Å².